The summed E-state index contributed by atoms with van der Waals surface area (Å²) in [5.41, 5.74) is 2.98. The van der Waals surface area contributed by atoms with Crippen LogP contribution in [0.2, 0.25) is 0 Å². The van der Waals surface area contributed by atoms with Gasteiger partial charge in [0.25, 0.3) is 11.7 Å². The first kappa shape index (κ1) is 21.9. The van der Waals surface area contributed by atoms with Gasteiger partial charge < -0.3 is 24.6 Å². The van der Waals surface area contributed by atoms with Crippen LogP contribution in [0, 0.1) is 13.8 Å². The summed E-state index contributed by atoms with van der Waals surface area (Å²) in [6.07, 6.45) is 1.51. The Morgan fingerprint density at radius 3 is 2.56 bits per heavy atom. The van der Waals surface area contributed by atoms with E-state index >= 15 is 0 Å². The average Bonchev–Trinajstić information content (AvgIpc) is 3.37. The predicted molar refractivity (Wildman–Crippen MR) is 119 cm³/mol. The molecule has 0 bridgehead atoms. The molecule has 1 amide bonds. The molecule has 0 aromatic heterocycles. The lowest BCUT2D eigenvalue weighted by Crippen LogP contribution is -2.36. The molecule has 0 saturated carbocycles. The Bertz CT molecular complexity index is 1100. The number of methoxy groups -OCH3 is 1. The number of Topliss-reactive ketones (excluding diaryl/α,β-unsaturated/α-hetero) is 1. The molecule has 168 valence electrons. The van der Waals surface area contributed by atoms with Gasteiger partial charge in [0.15, 0.2) is 11.5 Å². The highest BCUT2D eigenvalue weighted by Crippen LogP contribution is 2.42. The molecule has 2 aliphatic heterocycles. The Hall–Kier alpha value is -3.32. The maximum atomic E-state index is 13.1. The summed E-state index contributed by atoms with van der Waals surface area (Å²) in [6.45, 7) is 4.72. The molecule has 0 aliphatic carbocycles. The Balaban J connectivity index is 1.85. The number of hydrogen-bond acceptors (Lipinski definition) is 6. The van der Waals surface area contributed by atoms with Crippen molar-refractivity contribution in [3.8, 4) is 11.5 Å². The molecule has 2 fully saturated rings. The molecule has 7 nitrogen and oxygen atoms in total. The topological polar surface area (TPSA) is 96.3 Å². The average molecular weight is 437 g/mol. The molecule has 0 radical (unpaired) electrons. The molecule has 0 spiro atoms. The second-order valence-electron chi connectivity index (χ2n) is 8.32. The highest BCUT2D eigenvalue weighted by atomic mass is 16.5. The number of benzene rings is 2. The number of nitrogens with zero attached hydrogens (tertiary/aromatic N) is 1. The first-order chi connectivity index (χ1) is 15.3. The van der Waals surface area contributed by atoms with Crippen molar-refractivity contribution < 1.29 is 29.3 Å². The van der Waals surface area contributed by atoms with Crippen LogP contribution in [-0.2, 0) is 14.3 Å². The minimum absolute atomic E-state index is 0.000756. The number of aromatic hydroxyl groups is 1. The molecule has 7 heteroatoms. The number of phenols is 1. The molecule has 2 N–H and O–H groups in total. The van der Waals surface area contributed by atoms with E-state index < -0.39 is 17.7 Å². The van der Waals surface area contributed by atoms with E-state index in [-0.39, 0.29) is 35.5 Å². The van der Waals surface area contributed by atoms with Crippen LogP contribution in [0.25, 0.3) is 5.76 Å². The van der Waals surface area contributed by atoms with Crippen LogP contribution >= 0.6 is 0 Å². The molecular formula is C25H27NO6. The second kappa shape index (κ2) is 8.67. The molecule has 2 saturated heterocycles. The number of rotatable bonds is 5. The summed E-state index contributed by atoms with van der Waals surface area (Å²) >= 11 is 0. The van der Waals surface area contributed by atoms with Gasteiger partial charge in [0.1, 0.15) is 5.76 Å². The first-order valence-electron chi connectivity index (χ1n) is 10.7. The number of ether oxygens (including phenoxy) is 2. The molecular weight excluding hydrogens is 410 g/mol. The van der Waals surface area contributed by atoms with Gasteiger partial charge in [-0.1, -0.05) is 18.2 Å². The molecule has 32 heavy (non-hydrogen) atoms. The monoisotopic (exact) mass is 437 g/mol. The number of carbonyl (C=O) groups excluding carboxylic acids is 2. The Morgan fingerprint density at radius 2 is 1.94 bits per heavy atom. The van der Waals surface area contributed by atoms with Gasteiger partial charge in [0, 0.05) is 18.7 Å². The minimum Gasteiger partial charge on any atom is -0.507 e. The number of carbonyl (C=O) groups is 2. The number of phenolic OH excluding ortho intramolecular Hbond substituents is 1. The van der Waals surface area contributed by atoms with Crippen molar-refractivity contribution in [2.75, 3.05) is 20.3 Å². The smallest absolute Gasteiger partial charge is 0.295 e. The first-order valence-corrected chi connectivity index (χ1v) is 10.7. The molecule has 2 atom stereocenters. The Labute approximate surface area is 186 Å². The van der Waals surface area contributed by atoms with Gasteiger partial charge in [0.2, 0.25) is 0 Å². The second-order valence-corrected chi connectivity index (χ2v) is 8.32. The number of aliphatic hydroxyl groups excluding tert-OH is 1. The van der Waals surface area contributed by atoms with E-state index in [2.05, 4.69) is 0 Å². The zero-order chi connectivity index (χ0) is 23.0. The number of likely N-dealkylation sites (tertiary alicyclic amines) is 1. The van der Waals surface area contributed by atoms with Crippen LogP contribution in [0.5, 0.6) is 11.5 Å². The van der Waals surface area contributed by atoms with Crippen molar-refractivity contribution in [1.82, 2.24) is 4.90 Å². The van der Waals surface area contributed by atoms with E-state index in [0.717, 1.165) is 24.0 Å². The maximum absolute atomic E-state index is 13.1. The van der Waals surface area contributed by atoms with Crippen molar-refractivity contribution >= 4 is 17.4 Å². The highest BCUT2D eigenvalue weighted by Gasteiger charge is 2.47. The van der Waals surface area contributed by atoms with E-state index in [0.29, 0.717) is 17.7 Å². The molecule has 2 aromatic carbocycles. The van der Waals surface area contributed by atoms with Crippen molar-refractivity contribution in [2.45, 2.75) is 38.8 Å². The van der Waals surface area contributed by atoms with E-state index in [1.807, 2.05) is 19.9 Å². The number of aryl methyl sites for hydroxylation is 2. The zero-order valence-corrected chi connectivity index (χ0v) is 18.4. The highest BCUT2D eigenvalue weighted by molar-refractivity contribution is 6.46. The van der Waals surface area contributed by atoms with Gasteiger partial charge in [-0.2, -0.15) is 0 Å². The number of amides is 1. The van der Waals surface area contributed by atoms with Crippen LogP contribution in [0.3, 0.4) is 0 Å². The summed E-state index contributed by atoms with van der Waals surface area (Å²) in [5, 5.41) is 21.5. The van der Waals surface area contributed by atoms with Crippen LogP contribution in [0.1, 0.15) is 41.1 Å². The summed E-state index contributed by atoms with van der Waals surface area (Å²) in [5.74, 6) is -1.51. The largest absolute Gasteiger partial charge is 0.507 e. The zero-order valence-electron chi connectivity index (χ0n) is 18.4. The van der Waals surface area contributed by atoms with Gasteiger partial charge in [0.05, 0.1) is 24.8 Å². The standard InChI is InChI=1S/C25H27NO6/c1-14-6-7-17(11-15(14)2)23(28)21-22(16-8-9-20(31-3)19(27)12-16)26(25(30)24(21)29)13-18-5-4-10-32-18/h6-9,11-12,18,22,27-28H,4-5,10,13H2,1-3H3/b23-21-. The normalized spacial score (nSPS) is 22.5. The quantitative estimate of drug-likeness (QED) is 0.421. The third kappa shape index (κ3) is 3.84. The van der Waals surface area contributed by atoms with Gasteiger partial charge in [-0.3, -0.25) is 9.59 Å². The lowest BCUT2D eigenvalue weighted by Gasteiger charge is -2.27. The lowest BCUT2D eigenvalue weighted by atomic mass is 9.94. The van der Waals surface area contributed by atoms with Crippen molar-refractivity contribution in [2.24, 2.45) is 0 Å². The van der Waals surface area contributed by atoms with Gasteiger partial charge >= 0.3 is 0 Å². The molecule has 2 aliphatic rings. The SMILES string of the molecule is COc1ccc(C2/C(=C(/O)c3ccc(C)c(C)c3)C(=O)C(=O)N2CC2CCCO2)cc1O. The minimum atomic E-state index is -0.849. The number of aliphatic hydroxyl groups is 1. The fourth-order valence-electron chi connectivity index (χ4n) is 4.34. The summed E-state index contributed by atoms with van der Waals surface area (Å²) in [4.78, 5) is 27.6. The van der Waals surface area contributed by atoms with Gasteiger partial charge in [-0.15, -0.1) is 0 Å². The van der Waals surface area contributed by atoms with E-state index in [1.165, 1.54) is 18.1 Å². The van der Waals surface area contributed by atoms with E-state index in [1.54, 1.807) is 24.3 Å². The van der Waals surface area contributed by atoms with Gasteiger partial charge in [-0.25, -0.2) is 0 Å². The fourth-order valence-corrected chi connectivity index (χ4v) is 4.34. The van der Waals surface area contributed by atoms with Crippen LogP contribution < -0.4 is 4.74 Å². The van der Waals surface area contributed by atoms with E-state index in [9.17, 15) is 19.8 Å². The Morgan fingerprint density at radius 1 is 1.16 bits per heavy atom. The molecule has 2 unspecified atom stereocenters. The maximum Gasteiger partial charge on any atom is 0.295 e. The van der Waals surface area contributed by atoms with Crippen molar-refractivity contribution in [3.63, 3.8) is 0 Å². The lowest BCUT2D eigenvalue weighted by molar-refractivity contribution is -0.140. The molecule has 2 heterocycles. The fraction of sp³-hybridized carbons (Fsp3) is 0.360. The molecule has 2 aromatic rings. The van der Waals surface area contributed by atoms with E-state index in [4.69, 9.17) is 9.47 Å². The van der Waals surface area contributed by atoms with Crippen LogP contribution in [0.4, 0.5) is 0 Å². The van der Waals surface area contributed by atoms with Crippen LogP contribution in [0.15, 0.2) is 42.0 Å². The van der Waals surface area contributed by atoms with Crippen molar-refractivity contribution in [1.29, 1.82) is 0 Å². The number of ketones is 1. The predicted octanol–water partition coefficient (Wildman–Crippen LogP) is 3.62. The third-order valence-corrected chi connectivity index (χ3v) is 6.26. The summed E-state index contributed by atoms with van der Waals surface area (Å²) in [7, 11) is 1.44. The van der Waals surface area contributed by atoms with Gasteiger partial charge in [-0.05, 0) is 61.6 Å². The number of hydrogen-bond donors (Lipinski definition) is 2. The summed E-state index contributed by atoms with van der Waals surface area (Å²) in [6, 6.07) is 9.26. The Kier molecular flexibility index (Phi) is 5.93. The third-order valence-electron chi connectivity index (χ3n) is 6.26. The summed E-state index contributed by atoms with van der Waals surface area (Å²) < 4.78 is 10.8. The van der Waals surface area contributed by atoms with Crippen molar-refractivity contribution in [3.05, 3.63) is 64.2 Å². The molecule has 4 rings (SSSR count). The van der Waals surface area contributed by atoms with Crippen LogP contribution in [-0.4, -0.2) is 53.2 Å².